The molecule has 1 rings (SSSR count). The van der Waals surface area contributed by atoms with Crippen LogP contribution in [0.15, 0.2) is 12.1 Å². The smallest absolute Gasteiger partial charge is 0.338 e. The number of benzene rings is 1. The summed E-state index contributed by atoms with van der Waals surface area (Å²) in [6.45, 7) is 4.92. The molecule has 0 aromatic heterocycles. The number of unbranched alkanes of at least 4 members (excludes halogenated alkanes) is 3. The number of esters is 1. The van der Waals surface area contributed by atoms with Crippen molar-refractivity contribution in [1.82, 2.24) is 0 Å². The number of carbonyl (C=O) groups is 1. The first-order chi connectivity index (χ1) is 10.7. The van der Waals surface area contributed by atoms with E-state index in [9.17, 15) is 4.79 Å². The lowest BCUT2D eigenvalue weighted by Gasteiger charge is -2.15. The molecule has 5 heteroatoms. The fraction of sp³-hybridized carbons (Fsp3) is 0.588. The number of hydrogen-bond donors (Lipinski definition) is 0. The molecule has 0 aliphatic rings. The molecule has 0 unspecified atom stereocenters. The van der Waals surface area contributed by atoms with Crippen LogP contribution in [-0.4, -0.2) is 33.4 Å². The van der Waals surface area contributed by atoms with Crippen LogP contribution in [0.25, 0.3) is 0 Å². The molecule has 0 aliphatic heterocycles. The van der Waals surface area contributed by atoms with Gasteiger partial charge < -0.3 is 18.9 Å². The molecule has 0 fully saturated rings. The van der Waals surface area contributed by atoms with Crippen molar-refractivity contribution in [2.75, 3.05) is 27.4 Å². The summed E-state index contributed by atoms with van der Waals surface area (Å²) in [5.74, 6) is 1.03. The number of carbonyl (C=O) groups excluding carboxylic acids is 1. The maximum atomic E-state index is 12.1. The van der Waals surface area contributed by atoms with E-state index in [1.807, 2.05) is 6.92 Å². The zero-order valence-corrected chi connectivity index (χ0v) is 13.9. The Hall–Kier alpha value is -1.91. The van der Waals surface area contributed by atoms with Crippen LogP contribution < -0.4 is 14.2 Å². The van der Waals surface area contributed by atoms with Crippen LogP contribution in [0.2, 0.25) is 0 Å². The predicted molar refractivity (Wildman–Crippen MR) is 85.1 cm³/mol. The van der Waals surface area contributed by atoms with Crippen molar-refractivity contribution < 1.29 is 23.7 Å². The molecule has 0 bridgehead atoms. The van der Waals surface area contributed by atoms with Gasteiger partial charge in [0.05, 0.1) is 33.0 Å². The van der Waals surface area contributed by atoms with Gasteiger partial charge in [-0.25, -0.2) is 4.79 Å². The Bertz CT molecular complexity index is 445. The lowest BCUT2D eigenvalue weighted by molar-refractivity contribution is 0.0497. The van der Waals surface area contributed by atoms with Gasteiger partial charge in [-0.2, -0.15) is 0 Å². The number of methoxy groups -OCH3 is 2. The van der Waals surface area contributed by atoms with Crippen LogP contribution in [0, 0.1) is 0 Å². The molecule has 0 saturated carbocycles. The third-order valence-electron chi connectivity index (χ3n) is 3.22. The normalized spacial score (nSPS) is 10.2. The second-order valence-corrected chi connectivity index (χ2v) is 4.84. The molecule has 0 spiro atoms. The van der Waals surface area contributed by atoms with Crippen LogP contribution in [0.1, 0.15) is 49.9 Å². The first kappa shape index (κ1) is 18.1. The van der Waals surface area contributed by atoms with E-state index in [0.717, 1.165) is 25.7 Å². The van der Waals surface area contributed by atoms with Gasteiger partial charge >= 0.3 is 5.97 Å². The van der Waals surface area contributed by atoms with E-state index < -0.39 is 0 Å². The predicted octanol–water partition coefficient (Wildman–Crippen LogP) is 3.84. The number of ether oxygens (including phenoxy) is 4. The van der Waals surface area contributed by atoms with E-state index in [4.69, 9.17) is 18.9 Å². The minimum Gasteiger partial charge on any atom is -0.493 e. The largest absolute Gasteiger partial charge is 0.493 e. The van der Waals surface area contributed by atoms with Crippen molar-refractivity contribution in [1.29, 1.82) is 0 Å². The van der Waals surface area contributed by atoms with Crippen molar-refractivity contribution in [3.8, 4) is 17.2 Å². The van der Waals surface area contributed by atoms with Gasteiger partial charge in [0, 0.05) is 0 Å². The van der Waals surface area contributed by atoms with Crippen LogP contribution in [0.5, 0.6) is 17.2 Å². The Balaban J connectivity index is 2.79. The van der Waals surface area contributed by atoms with Gasteiger partial charge in [-0.05, 0) is 25.5 Å². The number of rotatable bonds is 10. The first-order valence-electron chi connectivity index (χ1n) is 7.73. The van der Waals surface area contributed by atoms with Gasteiger partial charge in [-0.3, -0.25) is 0 Å². The fourth-order valence-electron chi connectivity index (χ4n) is 2.06. The zero-order valence-electron chi connectivity index (χ0n) is 13.9. The lowest BCUT2D eigenvalue weighted by Crippen LogP contribution is -2.08. The average Bonchev–Trinajstić information content (AvgIpc) is 2.54. The van der Waals surface area contributed by atoms with Crippen molar-refractivity contribution in [2.24, 2.45) is 0 Å². The Morgan fingerprint density at radius 1 is 1.00 bits per heavy atom. The molecule has 0 N–H and O–H groups in total. The summed E-state index contributed by atoms with van der Waals surface area (Å²) in [6.07, 6.45) is 4.26. The second-order valence-electron chi connectivity index (χ2n) is 4.84. The van der Waals surface area contributed by atoms with Gasteiger partial charge in [0.15, 0.2) is 11.5 Å². The molecule has 0 saturated heterocycles. The molecular weight excluding hydrogens is 284 g/mol. The molecule has 0 amide bonds. The molecule has 0 aliphatic carbocycles. The Kier molecular flexibility index (Phi) is 8.18. The van der Waals surface area contributed by atoms with E-state index in [0.29, 0.717) is 36.0 Å². The van der Waals surface area contributed by atoms with Crippen molar-refractivity contribution >= 4 is 5.97 Å². The Morgan fingerprint density at radius 2 is 1.64 bits per heavy atom. The lowest BCUT2D eigenvalue weighted by atomic mass is 10.2. The zero-order chi connectivity index (χ0) is 16.4. The molecule has 0 radical (unpaired) electrons. The molecule has 0 heterocycles. The van der Waals surface area contributed by atoms with E-state index in [-0.39, 0.29) is 5.97 Å². The fourth-order valence-corrected chi connectivity index (χ4v) is 2.06. The molecule has 5 nitrogen and oxygen atoms in total. The quantitative estimate of drug-likeness (QED) is 0.485. The van der Waals surface area contributed by atoms with Crippen LogP contribution in [0.4, 0.5) is 0 Å². The van der Waals surface area contributed by atoms with Crippen LogP contribution in [-0.2, 0) is 4.74 Å². The molecule has 0 atom stereocenters. The topological polar surface area (TPSA) is 54.0 Å². The van der Waals surface area contributed by atoms with Gasteiger partial charge in [0.2, 0.25) is 5.75 Å². The molecule has 22 heavy (non-hydrogen) atoms. The van der Waals surface area contributed by atoms with E-state index >= 15 is 0 Å². The Morgan fingerprint density at radius 3 is 2.14 bits per heavy atom. The van der Waals surface area contributed by atoms with E-state index in [1.165, 1.54) is 14.2 Å². The summed E-state index contributed by atoms with van der Waals surface area (Å²) in [5, 5.41) is 0. The van der Waals surface area contributed by atoms with Gasteiger partial charge in [-0.1, -0.05) is 26.2 Å². The van der Waals surface area contributed by atoms with Gasteiger partial charge in [0.25, 0.3) is 0 Å². The summed E-state index contributed by atoms with van der Waals surface area (Å²) in [6, 6.07) is 3.23. The molecule has 1 aromatic carbocycles. The SMILES string of the molecule is CCCCCCOC(=O)c1cc(OC)c(OCC)c(OC)c1. The molecule has 1 aromatic rings. The summed E-state index contributed by atoms with van der Waals surface area (Å²) >= 11 is 0. The summed E-state index contributed by atoms with van der Waals surface area (Å²) in [7, 11) is 3.05. The Labute approximate surface area is 132 Å². The van der Waals surface area contributed by atoms with Gasteiger partial charge in [0.1, 0.15) is 0 Å². The number of hydrogen-bond acceptors (Lipinski definition) is 5. The van der Waals surface area contributed by atoms with Crippen molar-refractivity contribution in [3.05, 3.63) is 17.7 Å². The maximum absolute atomic E-state index is 12.1. The minimum absolute atomic E-state index is 0.379. The highest BCUT2D eigenvalue weighted by Crippen LogP contribution is 2.38. The highest BCUT2D eigenvalue weighted by molar-refractivity contribution is 5.91. The van der Waals surface area contributed by atoms with E-state index in [1.54, 1.807) is 12.1 Å². The van der Waals surface area contributed by atoms with Crippen molar-refractivity contribution in [2.45, 2.75) is 39.5 Å². The summed E-state index contributed by atoms with van der Waals surface area (Å²) in [5.41, 5.74) is 0.396. The monoisotopic (exact) mass is 310 g/mol. The summed E-state index contributed by atoms with van der Waals surface area (Å²) in [4.78, 5) is 12.1. The van der Waals surface area contributed by atoms with Crippen molar-refractivity contribution in [3.63, 3.8) is 0 Å². The highest BCUT2D eigenvalue weighted by atomic mass is 16.5. The third-order valence-corrected chi connectivity index (χ3v) is 3.22. The maximum Gasteiger partial charge on any atom is 0.338 e. The third kappa shape index (κ3) is 5.13. The van der Waals surface area contributed by atoms with Crippen LogP contribution >= 0.6 is 0 Å². The molecular formula is C17H26O5. The second kappa shape index (κ2) is 9.92. The van der Waals surface area contributed by atoms with Crippen LogP contribution in [0.3, 0.4) is 0 Å². The highest BCUT2D eigenvalue weighted by Gasteiger charge is 2.18. The standard InChI is InChI=1S/C17H26O5/c1-5-7-8-9-10-22-17(18)13-11-14(19-3)16(21-6-2)15(12-13)20-4/h11-12H,5-10H2,1-4H3. The average molecular weight is 310 g/mol. The minimum atomic E-state index is -0.379. The molecule has 124 valence electrons. The summed E-state index contributed by atoms with van der Waals surface area (Å²) < 4.78 is 21.3. The first-order valence-corrected chi connectivity index (χ1v) is 7.73. The van der Waals surface area contributed by atoms with Gasteiger partial charge in [-0.15, -0.1) is 0 Å². The van der Waals surface area contributed by atoms with E-state index in [2.05, 4.69) is 6.92 Å².